The van der Waals surface area contributed by atoms with Gasteiger partial charge in [0.25, 0.3) is 10.0 Å². The Morgan fingerprint density at radius 2 is 2.19 bits per heavy atom. The molecule has 1 aliphatic rings. The van der Waals surface area contributed by atoms with Crippen molar-refractivity contribution < 1.29 is 12.8 Å². The van der Waals surface area contributed by atoms with E-state index in [2.05, 4.69) is 15.0 Å². The Kier molecular flexibility index (Phi) is 2.89. The van der Waals surface area contributed by atoms with Gasteiger partial charge in [-0.05, 0) is 13.3 Å². The SMILES string of the molecule is CNc1nc(C)c(S(=O)(=O)NC2CC2F)s1. The molecule has 2 rings (SSSR count). The number of aromatic nitrogens is 1. The molecule has 0 bridgehead atoms. The molecule has 2 unspecified atom stereocenters. The summed E-state index contributed by atoms with van der Waals surface area (Å²) in [7, 11) is -1.96. The molecule has 0 aliphatic heterocycles. The average molecular weight is 265 g/mol. The van der Waals surface area contributed by atoms with Crippen LogP contribution in [0.15, 0.2) is 4.21 Å². The first-order valence-corrected chi connectivity index (χ1v) is 7.05. The zero-order chi connectivity index (χ0) is 11.9. The van der Waals surface area contributed by atoms with Gasteiger partial charge in [-0.15, -0.1) is 0 Å². The molecule has 8 heteroatoms. The molecule has 90 valence electrons. The Balaban J connectivity index is 2.24. The summed E-state index contributed by atoms with van der Waals surface area (Å²) in [6.07, 6.45) is -0.789. The van der Waals surface area contributed by atoms with E-state index in [1.165, 1.54) is 0 Å². The van der Waals surface area contributed by atoms with Gasteiger partial charge in [-0.1, -0.05) is 11.3 Å². The molecule has 2 N–H and O–H groups in total. The van der Waals surface area contributed by atoms with Crippen LogP contribution in [0.1, 0.15) is 12.1 Å². The largest absolute Gasteiger partial charge is 0.365 e. The summed E-state index contributed by atoms with van der Waals surface area (Å²) in [4.78, 5) is 4.04. The van der Waals surface area contributed by atoms with Gasteiger partial charge in [-0.25, -0.2) is 22.5 Å². The Morgan fingerprint density at radius 3 is 2.62 bits per heavy atom. The smallest absolute Gasteiger partial charge is 0.252 e. The molecule has 0 spiro atoms. The fourth-order valence-electron chi connectivity index (χ4n) is 1.28. The van der Waals surface area contributed by atoms with Crippen molar-refractivity contribution in [1.82, 2.24) is 9.71 Å². The van der Waals surface area contributed by atoms with Gasteiger partial charge in [-0.2, -0.15) is 0 Å². The highest BCUT2D eigenvalue weighted by molar-refractivity contribution is 7.91. The fraction of sp³-hybridized carbons (Fsp3) is 0.625. The summed E-state index contributed by atoms with van der Waals surface area (Å²) in [5.74, 6) is 0. The molecular formula is C8H12FN3O2S2. The number of rotatable bonds is 4. The van der Waals surface area contributed by atoms with Gasteiger partial charge in [0, 0.05) is 7.05 Å². The third-order valence-electron chi connectivity index (χ3n) is 2.23. The molecule has 0 saturated heterocycles. The lowest BCUT2D eigenvalue weighted by atomic mass is 10.6. The minimum absolute atomic E-state index is 0.149. The van der Waals surface area contributed by atoms with Gasteiger partial charge >= 0.3 is 0 Å². The van der Waals surface area contributed by atoms with E-state index in [9.17, 15) is 12.8 Å². The van der Waals surface area contributed by atoms with Crippen molar-refractivity contribution in [3.8, 4) is 0 Å². The minimum atomic E-state index is -3.62. The van der Waals surface area contributed by atoms with E-state index >= 15 is 0 Å². The van der Waals surface area contributed by atoms with Crippen molar-refractivity contribution in [3.05, 3.63) is 5.69 Å². The number of hydrogen-bond donors (Lipinski definition) is 2. The lowest BCUT2D eigenvalue weighted by molar-refractivity contribution is 0.459. The van der Waals surface area contributed by atoms with Crippen molar-refractivity contribution in [2.75, 3.05) is 12.4 Å². The highest BCUT2D eigenvalue weighted by atomic mass is 32.2. The third-order valence-corrected chi connectivity index (χ3v) is 5.51. The fourth-order valence-corrected chi connectivity index (χ4v) is 3.94. The maximum absolute atomic E-state index is 12.6. The monoisotopic (exact) mass is 265 g/mol. The molecule has 2 atom stereocenters. The maximum atomic E-state index is 12.6. The summed E-state index contributed by atoms with van der Waals surface area (Å²) < 4.78 is 38.8. The van der Waals surface area contributed by atoms with E-state index in [-0.39, 0.29) is 10.6 Å². The molecule has 16 heavy (non-hydrogen) atoms. The molecule has 1 saturated carbocycles. The van der Waals surface area contributed by atoms with Gasteiger partial charge in [0.2, 0.25) is 0 Å². The van der Waals surface area contributed by atoms with Crippen molar-refractivity contribution in [2.24, 2.45) is 0 Å². The van der Waals surface area contributed by atoms with Crippen LogP contribution in [0.3, 0.4) is 0 Å². The summed E-state index contributed by atoms with van der Waals surface area (Å²) in [5.41, 5.74) is 0.429. The van der Waals surface area contributed by atoms with Gasteiger partial charge in [0.05, 0.1) is 11.7 Å². The van der Waals surface area contributed by atoms with E-state index < -0.39 is 22.2 Å². The molecule has 1 aromatic rings. The highest BCUT2D eigenvalue weighted by Gasteiger charge is 2.41. The van der Waals surface area contributed by atoms with Crippen molar-refractivity contribution in [3.63, 3.8) is 0 Å². The Hall–Kier alpha value is -0.730. The topological polar surface area (TPSA) is 71.1 Å². The summed E-state index contributed by atoms with van der Waals surface area (Å²) >= 11 is 1.04. The first-order valence-electron chi connectivity index (χ1n) is 4.75. The normalized spacial score (nSPS) is 24.4. The van der Waals surface area contributed by atoms with Crippen LogP contribution in [0.4, 0.5) is 9.52 Å². The van der Waals surface area contributed by atoms with Crippen LogP contribution in [-0.4, -0.2) is 32.7 Å². The average Bonchev–Trinajstić information content (AvgIpc) is 2.74. The predicted molar refractivity (Wildman–Crippen MR) is 60.0 cm³/mol. The second-order valence-electron chi connectivity index (χ2n) is 3.62. The standard InChI is InChI=1S/C8H12FN3O2S2/c1-4-7(15-8(10-2)11-4)16(13,14)12-6-3-5(6)9/h5-6,12H,3H2,1-2H3,(H,10,11). The van der Waals surface area contributed by atoms with Crippen LogP contribution < -0.4 is 10.0 Å². The van der Waals surface area contributed by atoms with E-state index in [4.69, 9.17) is 0 Å². The predicted octanol–water partition coefficient (Wildman–Crippen LogP) is 0.882. The molecule has 1 fully saturated rings. The third kappa shape index (κ3) is 2.18. The molecule has 1 heterocycles. The lowest BCUT2D eigenvalue weighted by Gasteiger charge is -2.02. The minimum Gasteiger partial charge on any atom is -0.365 e. The van der Waals surface area contributed by atoms with Gasteiger partial charge < -0.3 is 5.32 Å². The molecule has 5 nitrogen and oxygen atoms in total. The van der Waals surface area contributed by atoms with Crippen molar-refractivity contribution >= 4 is 26.5 Å². The Bertz CT molecular complexity index is 499. The molecule has 0 radical (unpaired) electrons. The van der Waals surface area contributed by atoms with Crippen LogP contribution in [0.5, 0.6) is 0 Å². The summed E-state index contributed by atoms with van der Waals surface area (Å²) in [6.45, 7) is 1.62. The van der Waals surface area contributed by atoms with E-state index in [1.807, 2.05) is 0 Å². The van der Waals surface area contributed by atoms with Gasteiger partial charge in [0.15, 0.2) is 9.34 Å². The molecule has 0 amide bonds. The zero-order valence-electron chi connectivity index (χ0n) is 8.82. The summed E-state index contributed by atoms with van der Waals surface area (Å²) in [5, 5.41) is 3.31. The van der Waals surface area contributed by atoms with Gasteiger partial charge in [0.1, 0.15) is 6.17 Å². The van der Waals surface area contributed by atoms with E-state index in [1.54, 1.807) is 14.0 Å². The number of nitrogens with zero attached hydrogens (tertiary/aromatic N) is 1. The van der Waals surface area contributed by atoms with Gasteiger partial charge in [-0.3, -0.25) is 0 Å². The number of aryl methyl sites for hydroxylation is 1. The lowest BCUT2D eigenvalue weighted by Crippen LogP contribution is -2.27. The molecule has 1 aliphatic carbocycles. The van der Waals surface area contributed by atoms with Crippen molar-refractivity contribution in [2.45, 2.75) is 29.8 Å². The molecule has 0 aromatic carbocycles. The van der Waals surface area contributed by atoms with Crippen LogP contribution >= 0.6 is 11.3 Å². The number of nitrogens with one attached hydrogen (secondary N) is 2. The number of alkyl halides is 1. The number of hydrogen-bond acceptors (Lipinski definition) is 5. The molecular weight excluding hydrogens is 253 g/mol. The number of thiazole rings is 1. The highest BCUT2D eigenvalue weighted by Crippen LogP contribution is 2.31. The van der Waals surface area contributed by atoms with Crippen LogP contribution in [0.25, 0.3) is 0 Å². The van der Waals surface area contributed by atoms with E-state index in [0.29, 0.717) is 10.8 Å². The first-order chi connectivity index (χ1) is 7.44. The second-order valence-corrected chi connectivity index (χ2v) is 6.53. The van der Waals surface area contributed by atoms with Crippen LogP contribution in [0, 0.1) is 6.92 Å². The number of halogens is 1. The zero-order valence-corrected chi connectivity index (χ0v) is 10.5. The second kappa shape index (κ2) is 3.94. The first kappa shape index (κ1) is 11.7. The number of sulfonamides is 1. The quantitative estimate of drug-likeness (QED) is 0.848. The maximum Gasteiger partial charge on any atom is 0.252 e. The Morgan fingerprint density at radius 1 is 1.56 bits per heavy atom. The van der Waals surface area contributed by atoms with Crippen molar-refractivity contribution in [1.29, 1.82) is 0 Å². The number of anilines is 1. The van der Waals surface area contributed by atoms with Crippen LogP contribution in [0.2, 0.25) is 0 Å². The van der Waals surface area contributed by atoms with Crippen LogP contribution in [-0.2, 0) is 10.0 Å². The Labute approximate surface area is 97.1 Å². The molecule has 1 aromatic heterocycles. The summed E-state index contributed by atoms with van der Waals surface area (Å²) in [6, 6.07) is -0.565. The van der Waals surface area contributed by atoms with E-state index in [0.717, 1.165) is 11.3 Å².